The summed E-state index contributed by atoms with van der Waals surface area (Å²) < 4.78 is 14.3. The molecule has 74 heavy (non-hydrogen) atoms. The number of phenolic OH excluding ortho intramolecular Hbond substituents is 1. The van der Waals surface area contributed by atoms with Crippen molar-refractivity contribution in [1.82, 2.24) is 40.8 Å². The number of piperazine rings is 1. The first-order valence-corrected chi connectivity index (χ1v) is 26.2. The van der Waals surface area contributed by atoms with Gasteiger partial charge in [0.05, 0.1) is 17.5 Å². The van der Waals surface area contributed by atoms with Crippen molar-refractivity contribution in [2.45, 2.75) is 121 Å². The van der Waals surface area contributed by atoms with Crippen LogP contribution < -0.4 is 31.2 Å². The molecule has 3 aromatic carbocycles. The molecule has 2 aliphatic carbocycles. The van der Waals surface area contributed by atoms with E-state index >= 15 is 0 Å². The van der Waals surface area contributed by atoms with Gasteiger partial charge in [-0.05, 0) is 129 Å². The molecular formula is C56H66FN11O6. The number of halogens is 1. The number of carbonyl (C=O) groups is 3. The Morgan fingerprint density at radius 3 is 2.15 bits per heavy atom. The van der Waals surface area contributed by atoms with Crippen LogP contribution in [-0.4, -0.2) is 127 Å². The highest BCUT2D eigenvalue weighted by atomic mass is 19.1. The molecule has 1 spiro atoms. The second kappa shape index (κ2) is 19.7. The number of aromatic nitrogens is 4. The minimum Gasteiger partial charge on any atom is -0.507 e. The predicted molar refractivity (Wildman–Crippen MR) is 277 cm³/mol. The molecular weight excluding hydrogens is 942 g/mol. The van der Waals surface area contributed by atoms with Crippen LogP contribution in [0.2, 0.25) is 0 Å². The second-order valence-electron chi connectivity index (χ2n) is 22.8. The van der Waals surface area contributed by atoms with Crippen molar-refractivity contribution >= 4 is 35.2 Å². The van der Waals surface area contributed by atoms with Gasteiger partial charge in [0.25, 0.3) is 5.91 Å². The highest BCUT2D eigenvalue weighted by Gasteiger charge is 2.57. The third kappa shape index (κ3) is 9.69. The number of aliphatic hydroxyl groups is 1. The molecule has 6 heterocycles. The first-order chi connectivity index (χ1) is 35.6. The fourth-order valence-corrected chi connectivity index (χ4v) is 12.8. The van der Waals surface area contributed by atoms with Crippen molar-refractivity contribution < 1.29 is 33.8 Å². The molecule has 6 N–H and O–H groups in total. The van der Waals surface area contributed by atoms with E-state index < -0.39 is 35.4 Å². The number of carbonyl (C=O) groups excluding carboxylic acids is 3. The number of likely N-dealkylation sites (tertiary alicyclic amines) is 2. The molecule has 5 aromatic rings. The number of amides is 3. The summed E-state index contributed by atoms with van der Waals surface area (Å²) in [5, 5.41) is 32.7. The highest BCUT2D eigenvalue weighted by Crippen LogP contribution is 2.60. The quantitative estimate of drug-likeness (QED) is 0.0878. The Labute approximate surface area is 430 Å². The largest absolute Gasteiger partial charge is 0.507 e. The van der Waals surface area contributed by atoms with E-state index in [-0.39, 0.29) is 53.9 Å². The number of nitrogen functional groups attached to an aromatic ring is 1. The van der Waals surface area contributed by atoms with Crippen LogP contribution in [0.25, 0.3) is 22.4 Å². The van der Waals surface area contributed by atoms with Gasteiger partial charge in [0, 0.05) is 73.6 Å². The molecule has 2 saturated carbocycles. The van der Waals surface area contributed by atoms with Crippen molar-refractivity contribution in [2.24, 2.45) is 16.7 Å². The van der Waals surface area contributed by atoms with Crippen LogP contribution in [0.4, 0.5) is 21.8 Å². The lowest BCUT2D eigenvalue weighted by molar-refractivity contribution is -0.151. The third-order valence-corrected chi connectivity index (χ3v) is 16.9. The number of hydrogen-bond acceptors (Lipinski definition) is 14. The number of benzene rings is 3. The van der Waals surface area contributed by atoms with Crippen molar-refractivity contribution in [3.8, 4) is 33.9 Å². The summed E-state index contributed by atoms with van der Waals surface area (Å²) in [5.41, 5.74) is 12.6. The molecule has 2 bridgehead atoms. The lowest BCUT2D eigenvalue weighted by Crippen LogP contribution is -2.62. The minimum atomic E-state index is -1.00. The number of aromatic hydroxyl groups is 1. The zero-order valence-electron chi connectivity index (χ0n) is 42.2. The summed E-state index contributed by atoms with van der Waals surface area (Å²) >= 11 is 0. The van der Waals surface area contributed by atoms with Crippen molar-refractivity contribution in [1.29, 1.82) is 0 Å². The number of phenols is 1. The van der Waals surface area contributed by atoms with Gasteiger partial charge in [-0.1, -0.05) is 63.2 Å². The van der Waals surface area contributed by atoms with Gasteiger partial charge in [-0.2, -0.15) is 5.48 Å². The van der Waals surface area contributed by atoms with Crippen LogP contribution >= 0.6 is 0 Å². The van der Waals surface area contributed by atoms with Crippen LogP contribution in [0.3, 0.4) is 0 Å². The number of fused-ring (bicyclic) bond motifs is 2. The van der Waals surface area contributed by atoms with Gasteiger partial charge < -0.3 is 45.7 Å². The number of rotatable bonds is 12. The van der Waals surface area contributed by atoms with E-state index in [1.54, 1.807) is 54.6 Å². The molecule has 0 radical (unpaired) electrons. The topological polar surface area (TPSA) is 215 Å². The first-order valence-electron chi connectivity index (χ1n) is 26.2. The molecule has 4 aliphatic heterocycles. The van der Waals surface area contributed by atoms with Gasteiger partial charge in [-0.15, -0.1) is 10.2 Å². The molecule has 17 nitrogen and oxygen atoms in total. The zero-order chi connectivity index (χ0) is 51.5. The maximum absolute atomic E-state index is 14.3. The summed E-state index contributed by atoms with van der Waals surface area (Å²) in [7, 11) is 0. The molecule has 388 valence electrons. The van der Waals surface area contributed by atoms with E-state index in [0.717, 1.165) is 89.2 Å². The van der Waals surface area contributed by atoms with Gasteiger partial charge in [0.2, 0.25) is 17.8 Å². The molecule has 6 fully saturated rings. The lowest BCUT2D eigenvalue weighted by Gasteiger charge is -2.60. The minimum absolute atomic E-state index is 0.0273. The van der Waals surface area contributed by atoms with Crippen molar-refractivity contribution in [2.75, 3.05) is 48.3 Å². The molecule has 2 unspecified atom stereocenters. The maximum atomic E-state index is 14.3. The highest BCUT2D eigenvalue weighted by molar-refractivity contribution is 5.93. The van der Waals surface area contributed by atoms with Gasteiger partial charge in [-0.25, -0.2) is 14.4 Å². The van der Waals surface area contributed by atoms with Gasteiger partial charge >= 0.3 is 0 Å². The van der Waals surface area contributed by atoms with E-state index in [4.69, 9.17) is 20.5 Å². The summed E-state index contributed by atoms with van der Waals surface area (Å²) in [5.74, 6) is 0.313. The van der Waals surface area contributed by atoms with E-state index in [9.17, 15) is 29.0 Å². The van der Waals surface area contributed by atoms with Gasteiger partial charge in [-0.3, -0.25) is 14.4 Å². The van der Waals surface area contributed by atoms with E-state index in [2.05, 4.69) is 35.7 Å². The number of para-hydroxylation sites is 1. The van der Waals surface area contributed by atoms with Gasteiger partial charge in [0.15, 0.2) is 11.6 Å². The SMILES string of the molecule is CC(C)(C)[C@H](NC(=O)[C@H]1CC2(C1)C[C@H](N1CCC(c3cnc(N4C5CCC4CN(c4cc(-c6ccccc6O)nnc4N)C5)nc3)CC1)C2)C(=O)N1C[C@H](O)C[C@H]1C(=O)NOc1ccc(-c2ccccc2F)cc1. The number of hydrogen-bond donors (Lipinski definition) is 5. The van der Waals surface area contributed by atoms with Crippen LogP contribution in [0.5, 0.6) is 11.5 Å². The number of hydroxylamine groups is 1. The predicted octanol–water partition coefficient (Wildman–Crippen LogP) is 6.23. The average Bonchev–Trinajstić information content (AvgIpc) is 3.89. The number of β-amino-alcohol motifs (C(OH)–C–C–N with tert-alkyl or cyclic N) is 1. The molecule has 3 amide bonds. The fourth-order valence-electron chi connectivity index (χ4n) is 12.8. The summed E-state index contributed by atoms with van der Waals surface area (Å²) in [6.45, 7) is 9.16. The summed E-state index contributed by atoms with van der Waals surface area (Å²) in [6, 6.07) is 21.1. The van der Waals surface area contributed by atoms with E-state index in [0.29, 0.717) is 45.9 Å². The third-order valence-electron chi connectivity index (χ3n) is 16.9. The van der Waals surface area contributed by atoms with Gasteiger partial charge in [0.1, 0.15) is 23.7 Å². The Morgan fingerprint density at radius 2 is 1.49 bits per heavy atom. The van der Waals surface area contributed by atoms with Crippen molar-refractivity contribution in [3.05, 3.63) is 103 Å². The first kappa shape index (κ1) is 49.3. The molecule has 5 atom stereocenters. The maximum Gasteiger partial charge on any atom is 0.275 e. The zero-order valence-corrected chi connectivity index (χ0v) is 42.2. The number of piperidine rings is 1. The fraction of sp³-hybridized carbons (Fsp3) is 0.482. The number of nitrogens with zero attached hydrogens (tertiary/aromatic N) is 8. The van der Waals surface area contributed by atoms with Crippen LogP contribution in [-0.2, 0) is 14.4 Å². The Bertz CT molecular complexity index is 2870. The number of nitrogens with one attached hydrogen (secondary N) is 2. The molecule has 2 aromatic heterocycles. The standard InChI is InChI=1S/C56H66FN11O6/c1-55(2,3)49(53(73)67-32-40(69)22-47(67)52(72)64-74-41-16-12-34(13-17-41)42-8-4-6-10-44(42)57)61-51(71)35-24-56(25-35)26-39(27-56)65-20-18-33(19-21-65)36-28-59-54(60-29-36)68-37-14-15-38(68)31-66(30-37)46-23-45(62-63-50(46)58)43-9-5-7-11-48(43)70/h4-13,16-17,23,28-29,33,35,37-40,47,49,69-70H,14-15,18-22,24-27,30-32H2,1-3H3,(H2,58,63)(H,61,71)(H,64,72)/t35-,37?,38?,39-,40-,47+,49-,56?/m1/s1. The Morgan fingerprint density at radius 1 is 0.824 bits per heavy atom. The van der Waals surface area contributed by atoms with E-state index in [1.165, 1.54) is 16.5 Å². The van der Waals surface area contributed by atoms with Crippen LogP contribution in [0.15, 0.2) is 91.3 Å². The summed E-state index contributed by atoms with van der Waals surface area (Å²) in [6.07, 6.45) is 11.1. The Hall–Kier alpha value is -6.92. The Balaban J connectivity index is 0.631. The van der Waals surface area contributed by atoms with Crippen LogP contribution in [0, 0.1) is 22.6 Å². The van der Waals surface area contributed by atoms with Crippen LogP contribution in [0.1, 0.15) is 90.0 Å². The molecule has 4 saturated heterocycles. The Kier molecular flexibility index (Phi) is 13.1. The smallest absolute Gasteiger partial charge is 0.275 e. The summed E-state index contributed by atoms with van der Waals surface area (Å²) in [4.78, 5) is 65.7. The normalized spacial score (nSPS) is 26.3. The van der Waals surface area contributed by atoms with Crippen molar-refractivity contribution in [3.63, 3.8) is 0 Å². The molecule has 6 aliphatic rings. The average molecular weight is 1010 g/mol. The number of nitrogens with two attached hydrogens (primary N) is 1. The monoisotopic (exact) mass is 1010 g/mol. The second-order valence-corrected chi connectivity index (χ2v) is 22.8. The number of aliphatic hydroxyl groups excluding tert-OH is 1. The molecule has 11 rings (SSSR count). The molecule has 18 heteroatoms. The van der Waals surface area contributed by atoms with E-state index in [1.807, 2.05) is 51.4 Å². The lowest BCUT2D eigenvalue weighted by atomic mass is 9.49. The number of anilines is 3.